The Morgan fingerprint density at radius 3 is 2.53 bits per heavy atom. The third kappa shape index (κ3) is 2.34. The van der Waals surface area contributed by atoms with E-state index in [0.29, 0.717) is 5.41 Å². The maximum absolute atomic E-state index is 3.50. The van der Waals surface area contributed by atoms with Gasteiger partial charge < -0.3 is 5.32 Å². The summed E-state index contributed by atoms with van der Waals surface area (Å²) in [6.07, 6.45) is 6.35. The SMILES string of the molecule is CCCC(C)(CCC)c1cccc2c1CCN2. The summed E-state index contributed by atoms with van der Waals surface area (Å²) in [5.74, 6) is 0. The molecule has 1 nitrogen and oxygen atoms in total. The van der Waals surface area contributed by atoms with Gasteiger partial charge in [-0.25, -0.2) is 0 Å². The van der Waals surface area contributed by atoms with Crippen LogP contribution >= 0.6 is 0 Å². The molecule has 1 N–H and O–H groups in total. The summed E-state index contributed by atoms with van der Waals surface area (Å²) in [4.78, 5) is 0. The lowest BCUT2D eigenvalue weighted by Crippen LogP contribution is -2.23. The quantitative estimate of drug-likeness (QED) is 0.786. The van der Waals surface area contributed by atoms with Gasteiger partial charge in [0.15, 0.2) is 0 Å². The molecule has 1 aliphatic rings. The fraction of sp³-hybridized carbons (Fsp3) is 0.625. The average molecular weight is 231 g/mol. The second-order valence-corrected chi connectivity index (χ2v) is 5.57. The Balaban J connectivity index is 2.39. The number of nitrogens with one attached hydrogen (secondary N) is 1. The molecule has 0 saturated carbocycles. The fourth-order valence-electron chi connectivity index (χ4n) is 3.41. The summed E-state index contributed by atoms with van der Waals surface area (Å²) >= 11 is 0. The molecule has 0 saturated heterocycles. The van der Waals surface area contributed by atoms with Crippen molar-refractivity contribution >= 4 is 5.69 Å². The monoisotopic (exact) mass is 231 g/mol. The number of hydrogen-bond acceptors (Lipinski definition) is 1. The molecule has 0 atom stereocenters. The minimum atomic E-state index is 0.376. The van der Waals surface area contributed by atoms with E-state index in [1.807, 2.05) is 0 Å². The molecule has 0 spiro atoms. The largest absolute Gasteiger partial charge is 0.384 e. The Morgan fingerprint density at radius 1 is 1.18 bits per heavy atom. The Hall–Kier alpha value is -0.980. The van der Waals surface area contributed by atoms with Gasteiger partial charge in [0, 0.05) is 12.2 Å². The predicted octanol–water partition coefficient (Wildman–Crippen LogP) is 4.51. The van der Waals surface area contributed by atoms with Gasteiger partial charge in [0.2, 0.25) is 0 Å². The van der Waals surface area contributed by atoms with E-state index in [1.54, 1.807) is 11.1 Å². The second-order valence-electron chi connectivity index (χ2n) is 5.57. The van der Waals surface area contributed by atoms with Crippen LogP contribution in [0.2, 0.25) is 0 Å². The van der Waals surface area contributed by atoms with Crippen molar-refractivity contribution in [1.82, 2.24) is 0 Å². The molecular weight excluding hydrogens is 206 g/mol. The van der Waals surface area contributed by atoms with E-state index in [9.17, 15) is 0 Å². The van der Waals surface area contributed by atoms with Crippen LogP contribution in [0.1, 0.15) is 57.6 Å². The molecular formula is C16H25N. The molecule has 1 aliphatic heterocycles. The molecule has 1 heterocycles. The number of benzene rings is 1. The molecule has 0 radical (unpaired) electrons. The van der Waals surface area contributed by atoms with Gasteiger partial charge in [0.1, 0.15) is 0 Å². The maximum atomic E-state index is 3.50. The van der Waals surface area contributed by atoms with Crippen LogP contribution in [-0.4, -0.2) is 6.54 Å². The molecule has 0 aromatic heterocycles. The van der Waals surface area contributed by atoms with Crippen molar-refractivity contribution < 1.29 is 0 Å². The predicted molar refractivity (Wildman–Crippen MR) is 75.8 cm³/mol. The van der Waals surface area contributed by atoms with Crippen molar-refractivity contribution in [3.8, 4) is 0 Å². The summed E-state index contributed by atoms with van der Waals surface area (Å²) in [6.45, 7) is 8.17. The van der Waals surface area contributed by atoms with Crippen LogP contribution in [0, 0.1) is 0 Å². The molecule has 1 aromatic rings. The zero-order chi connectivity index (χ0) is 12.3. The first-order valence-corrected chi connectivity index (χ1v) is 7.07. The van der Waals surface area contributed by atoms with Gasteiger partial charge in [-0.1, -0.05) is 45.7 Å². The first-order valence-electron chi connectivity index (χ1n) is 7.07. The molecule has 0 unspecified atom stereocenters. The molecule has 94 valence electrons. The average Bonchev–Trinajstić information content (AvgIpc) is 2.77. The van der Waals surface area contributed by atoms with Gasteiger partial charge in [-0.2, -0.15) is 0 Å². The Morgan fingerprint density at radius 2 is 1.88 bits per heavy atom. The minimum Gasteiger partial charge on any atom is -0.384 e. The number of hydrogen-bond donors (Lipinski definition) is 1. The van der Waals surface area contributed by atoms with E-state index in [0.717, 1.165) is 6.54 Å². The molecule has 17 heavy (non-hydrogen) atoms. The zero-order valence-electron chi connectivity index (χ0n) is 11.5. The van der Waals surface area contributed by atoms with Gasteiger partial charge in [0.25, 0.3) is 0 Å². The Bertz CT molecular complexity index is 375. The highest BCUT2D eigenvalue weighted by molar-refractivity contribution is 5.60. The van der Waals surface area contributed by atoms with E-state index < -0.39 is 0 Å². The normalized spacial score (nSPS) is 14.5. The third-order valence-electron chi connectivity index (χ3n) is 4.12. The highest BCUT2D eigenvalue weighted by Gasteiger charge is 2.29. The van der Waals surface area contributed by atoms with Crippen molar-refractivity contribution in [1.29, 1.82) is 0 Å². The molecule has 0 aliphatic carbocycles. The number of rotatable bonds is 5. The van der Waals surface area contributed by atoms with Crippen LogP contribution in [0.3, 0.4) is 0 Å². The number of fused-ring (bicyclic) bond motifs is 1. The first kappa shape index (κ1) is 12.5. The molecule has 2 rings (SSSR count). The molecule has 1 heteroatoms. The summed E-state index contributed by atoms with van der Waals surface area (Å²) in [6, 6.07) is 6.80. The van der Waals surface area contributed by atoms with Crippen LogP contribution in [0.5, 0.6) is 0 Å². The van der Waals surface area contributed by atoms with Crippen LogP contribution in [-0.2, 0) is 11.8 Å². The van der Waals surface area contributed by atoms with Gasteiger partial charge in [-0.3, -0.25) is 0 Å². The van der Waals surface area contributed by atoms with Gasteiger partial charge >= 0.3 is 0 Å². The lowest BCUT2D eigenvalue weighted by Gasteiger charge is -2.31. The van der Waals surface area contributed by atoms with Gasteiger partial charge in [-0.15, -0.1) is 0 Å². The zero-order valence-corrected chi connectivity index (χ0v) is 11.5. The van der Waals surface area contributed by atoms with Gasteiger partial charge in [-0.05, 0) is 41.9 Å². The lowest BCUT2D eigenvalue weighted by molar-refractivity contribution is 0.390. The lowest BCUT2D eigenvalue weighted by atomic mass is 9.73. The molecule has 1 aromatic carbocycles. The summed E-state index contributed by atoms with van der Waals surface area (Å²) in [7, 11) is 0. The van der Waals surface area contributed by atoms with Crippen LogP contribution in [0.4, 0.5) is 5.69 Å². The van der Waals surface area contributed by atoms with Crippen molar-refractivity contribution in [2.24, 2.45) is 0 Å². The Kier molecular flexibility index (Phi) is 3.76. The van der Waals surface area contributed by atoms with Crippen molar-refractivity contribution in [2.75, 3.05) is 11.9 Å². The van der Waals surface area contributed by atoms with Crippen molar-refractivity contribution in [2.45, 2.75) is 58.3 Å². The highest BCUT2D eigenvalue weighted by atomic mass is 14.9. The van der Waals surface area contributed by atoms with E-state index >= 15 is 0 Å². The number of anilines is 1. The fourth-order valence-corrected chi connectivity index (χ4v) is 3.41. The Labute approximate surface area is 106 Å². The topological polar surface area (TPSA) is 12.0 Å². The summed E-state index contributed by atoms with van der Waals surface area (Å²) < 4.78 is 0. The molecule has 0 fully saturated rings. The first-order chi connectivity index (χ1) is 8.21. The van der Waals surface area contributed by atoms with E-state index in [4.69, 9.17) is 0 Å². The standard InChI is InChI=1S/C16H25N/c1-4-10-16(3,11-5-2)14-7-6-8-15-13(14)9-12-17-15/h6-8,17H,4-5,9-12H2,1-3H3. The van der Waals surface area contributed by atoms with Crippen LogP contribution in [0.15, 0.2) is 18.2 Å². The maximum Gasteiger partial charge on any atom is 0.0376 e. The van der Waals surface area contributed by atoms with Crippen molar-refractivity contribution in [3.05, 3.63) is 29.3 Å². The summed E-state index contributed by atoms with van der Waals surface area (Å²) in [5.41, 5.74) is 4.93. The van der Waals surface area contributed by atoms with E-state index in [1.165, 1.54) is 37.8 Å². The van der Waals surface area contributed by atoms with E-state index in [-0.39, 0.29) is 0 Å². The van der Waals surface area contributed by atoms with Crippen LogP contribution in [0.25, 0.3) is 0 Å². The molecule has 0 amide bonds. The second kappa shape index (κ2) is 5.12. The van der Waals surface area contributed by atoms with E-state index in [2.05, 4.69) is 44.3 Å². The van der Waals surface area contributed by atoms with Gasteiger partial charge in [0.05, 0.1) is 0 Å². The summed E-state index contributed by atoms with van der Waals surface area (Å²) in [5, 5.41) is 3.50. The highest BCUT2D eigenvalue weighted by Crippen LogP contribution is 2.39. The molecule has 0 bridgehead atoms. The smallest absolute Gasteiger partial charge is 0.0376 e. The van der Waals surface area contributed by atoms with Crippen LogP contribution < -0.4 is 5.32 Å². The minimum absolute atomic E-state index is 0.376. The third-order valence-corrected chi connectivity index (χ3v) is 4.12. The van der Waals surface area contributed by atoms with Crippen molar-refractivity contribution in [3.63, 3.8) is 0 Å².